The summed E-state index contributed by atoms with van der Waals surface area (Å²) in [5.74, 6) is 2.50. The van der Waals surface area contributed by atoms with Crippen molar-refractivity contribution in [1.82, 2.24) is 19.7 Å². The first kappa shape index (κ1) is 14.7. The van der Waals surface area contributed by atoms with E-state index in [4.69, 9.17) is 10.5 Å². The van der Waals surface area contributed by atoms with Crippen LogP contribution in [0.4, 0.5) is 11.8 Å². The highest BCUT2D eigenvalue weighted by Gasteiger charge is 2.26. The summed E-state index contributed by atoms with van der Waals surface area (Å²) >= 11 is 0. The number of benzene rings is 1. The van der Waals surface area contributed by atoms with Crippen molar-refractivity contribution in [1.29, 1.82) is 0 Å². The van der Waals surface area contributed by atoms with Gasteiger partial charge in [-0.15, -0.1) is 0 Å². The first-order chi connectivity index (χ1) is 11.7. The topological polar surface area (TPSA) is 82.1 Å². The van der Waals surface area contributed by atoms with Gasteiger partial charge in [0.2, 0.25) is 5.95 Å². The normalized spacial score (nSPS) is 17.6. The number of anilines is 2. The van der Waals surface area contributed by atoms with Gasteiger partial charge in [-0.05, 0) is 24.1 Å². The Morgan fingerprint density at radius 3 is 2.75 bits per heavy atom. The van der Waals surface area contributed by atoms with Gasteiger partial charge >= 0.3 is 0 Å². The first-order valence-corrected chi connectivity index (χ1v) is 8.00. The molecule has 0 amide bonds. The van der Waals surface area contributed by atoms with E-state index in [-0.39, 0.29) is 0 Å². The number of hydrogen-bond donors (Lipinski definition) is 1. The van der Waals surface area contributed by atoms with E-state index in [2.05, 4.69) is 32.1 Å². The van der Waals surface area contributed by atoms with Crippen LogP contribution < -0.4 is 15.4 Å². The Bertz CT molecular complexity index is 873. The van der Waals surface area contributed by atoms with Crippen LogP contribution in [-0.2, 0) is 7.05 Å². The molecule has 3 heterocycles. The Hall–Kier alpha value is -2.83. The molecule has 124 valence electrons. The zero-order chi connectivity index (χ0) is 16.7. The molecule has 3 aromatic rings. The van der Waals surface area contributed by atoms with E-state index in [1.807, 2.05) is 19.2 Å². The van der Waals surface area contributed by atoms with Crippen LogP contribution in [0.15, 0.2) is 30.5 Å². The summed E-state index contributed by atoms with van der Waals surface area (Å²) < 4.78 is 6.96. The summed E-state index contributed by atoms with van der Waals surface area (Å²) in [4.78, 5) is 11.3. The summed E-state index contributed by atoms with van der Waals surface area (Å²) in [5, 5.41) is 5.01. The zero-order valence-electron chi connectivity index (χ0n) is 13.8. The van der Waals surface area contributed by atoms with Crippen LogP contribution in [-0.4, -0.2) is 39.9 Å². The molecule has 0 radical (unpaired) electrons. The Kier molecular flexibility index (Phi) is 3.48. The van der Waals surface area contributed by atoms with Crippen LogP contribution in [0, 0.1) is 0 Å². The Balaban J connectivity index is 1.59. The molecule has 1 aromatic carbocycles. The van der Waals surface area contributed by atoms with Crippen LogP contribution in [0.5, 0.6) is 5.75 Å². The maximum Gasteiger partial charge on any atom is 0.229 e. The van der Waals surface area contributed by atoms with Crippen molar-refractivity contribution >= 4 is 22.8 Å². The lowest BCUT2D eigenvalue weighted by atomic mass is 9.98. The quantitative estimate of drug-likeness (QED) is 0.793. The van der Waals surface area contributed by atoms with Crippen molar-refractivity contribution in [3.8, 4) is 5.75 Å². The summed E-state index contributed by atoms with van der Waals surface area (Å²) in [7, 11) is 3.55. The Morgan fingerprint density at radius 1 is 1.21 bits per heavy atom. The highest BCUT2D eigenvalue weighted by atomic mass is 16.5. The molecule has 2 N–H and O–H groups in total. The highest BCUT2D eigenvalue weighted by Crippen LogP contribution is 2.31. The van der Waals surface area contributed by atoms with E-state index in [1.54, 1.807) is 18.0 Å². The van der Waals surface area contributed by atoms with Gasteiger partial charge in [-0.3, -0.25) is 4.68 Å². The van der Waals surface area contributed by atoms with E-state index in [0.717, 1.165) is 36.3 Å². The largest absolute Gasteiger partial charge is 0.497 e. The molecule has 0 saturated carbocycles. The maximum absolute atomic E-state index is 6.07. The predicted octanol–water partition coefficient (Wildman–Crippen LogP) is 1.95. The first-order valence-electron chi connectivity index (χ1n) is 8.00. The van der Waals surface area contributed by atoms with E-state index >= 15 is 0 Å². The molecule has 7 heteroatoms. The summed E-state index contributed by atoms with van der Waals surface area (Å²) in [6.45, 7) is 1.80. The fourth-order valence-corrected chi connectivity index (χ4v) is 3.26. The maximum atomic E-state index is 6.07. The minimum Gasteiger partial charge on any atom is -0.497 e. The second kappa shape index (κ2) is 5.67. The number of aryl methyl sites for hydroxylation is 1. The third kappa shape index (κ3) is 2.42. The molecule has 0 spiro atoms. The lowest BCUT2D eigenvalue weighted by Crippen LogP contribution is -2.22. The van der Waals surface area contributed by atoms with Gasteiger partial charge in [0.05, 0.1) is 18.7 Å². The van der Waals surface area contributed by atoms with Crippen molar-refractivity contribution in [3.63, 3.8) is 0 Å². The SMILES string of the molecule is COc1ccc(C2CCN(c3nc(N)c4cnn(C)c4n3)C2)cc1. The highest BCUT2D eigenvalue weighted by molar-refractivity contribution is 5.86. The van der Waals surface area contributed by atoms with Gasteiger partial charge in [0.15, 0.2) is 5.65 Å². The molecule has 0 bridgehead atoms. The van der Waals surface area contributed by atoms with E-state index in [9.17, 15) is 0 Å². The number of nitrogens with zero attached hydrogens (tertiary/aromatic N) is 5. The molecule has 0 aliphatic carbocycles. The minimum atomic E-state index is 0.461. The van der Waals surface area contributed by atoms with Gasteiger partial charge in [0, 0.05) is 26.1 Å². The Morgan fingerprint density at radius 2 is 2.00 bits per heavy atom. The minimum absolute atomic E-state index is 0.461. The molecule has 1 aliphatic rings. The Labute approximate surface area is 140 Å². The summed E-state index contributed by atoms with van der Waals surface area (Å²) in [5.41, 5.74) is 8.15. The van der Waals surface area contributed by atoms with Crippen molar-refractivity contribution in [2.45, 2.75) is 12.3 Å². The zero-order valence-corrected chi connectivity index (χ0v) is 13.8. The van der Waals surface area contributed by atoms with E-state index in [1.165, 1.54) is 5.56 Å². The van der Waals surface area contributed by atoms with Crippen LogP contribution in [0.2, 0.25) is 0 Å². The molecule has 7 nitrogen and oxygen atoms in total. The van der Waals surface area contributed by atoms with Crippen LogP contribution >= 0.6 is 0 Å². The number of fused-ring (bicyclic) bond motifs is 1. The van der Waals surface area contributed by atoms with Gasteiger partial charge in [-0.1, -0.05) is 12.1 Å². The average Bonchev–Trinajstić information content (AvgIpc) is 3.23. The molecule has 1 atom stereocenters. The number of methoxy groups -OCH3 is 1. The number of hydrogen-bond acceptors (Lipinski definition) is 6. The molecule has 24 heavy (non-hydrogen) atoms. The number of nitrogens with two attached hydrogens (primary N) is 1. The van der Waals surface area contributed by atoms with Crippen molar-refractivity contribution < 1.29 is 4.74 Å². The molecule has 2 aromatic heterocycles. The van der Waals surface area contributed by atoms with Crippen LogP contribution in [0.25, 0.3) is 11.0 Å². The molecular formula is C17H20N6O. The van der Waals surface area contributed by atoms with Gasteiger partial charge in [0.25, 0.3) is 0 Å². The standard InChI is InChI=1S/C17H20N6O/c1-22-16-14(9-19-22)15(18)20-17(21-16)23-8-7-12(10-23)11-3-5-13(24-2)6-4-11/h3-6,9,12H,7-8,10H2,1-2H3,(H2,18,20,21). The van der Waals surface area contributed by atoms with Gasteiger partial charge in [0.1, 0.15) is 11.6 Å². The van der Waals surface area contributed by atoms with Gasteiger partial charge in [-0.25, -0.2) is 0 Å². The van der Waals surface area contributed by atoms with Crippen molar-refractivity contribution in [2.75, 3.05) is 30.8 Å². The fraction of sp³-hybridized carbons (Fsp3) is 0.353. The molecular weight excluding hydrogens is 304 g/mol. The predicted molar refractivity (Wildman–Crippen MR) is 93.3 cm³/mol. The van der Waals surface area contributed by atoms with Crippen LogP contribution in [0.1, 0.15) is 17.9 Å². The molecule has 1 unspecified atom stereocenters. The lowest BCUT2D eigenvalue weighted by Gasteiger charge is -2.17. The molecule has 1 fully saturated rings. The molecule has 1 aliphatic heterocycles. The number of ether oxygens (including phenoxy) is 1. The summed E-state index contributed by atoms with van der Waals surface area (Å²) in [6.07, 6.45) is 2.78. The average molecular weight is 324 g/mol. The van der Waals surface area contributed by atoms with E-state index < -0.39 is 0 Å². The van der Waals surface area contributed by atoms with E-state index in [0.29, 0.717) is 17.7 Å². The van der Waals surface area contributed by atoms with Gasteiger partial charge in [-0.2, -0.15) is 15.1 Å². The third-order valence-electron chi connectivity index (χ3n) is 4.67. The van der Waals surface area contributed by atoms with Crippen LogP contribution in [0.3, 0.4) is 0 Å². The molecule has 4 rings (SSSR count). The smallest absolute Gasteiger partial charge is 0.229 e. The second-order valence-electron chi connectivity index (χ2n) is 6.12. The fourth-order valence-electron chi connectivity index (χ4n) is 3.26. The number of rotatable bonds is 3. The second-order valence-corrected chi connectivity index (χ2v) is 6.12. The van der Waals surface area contributed by atoms with Crippen molar-refractivity contribution in [2.24, 2.45) is 7.05 Å². The number of nitrogen functional groups attached to an aromatic ring is 1. The summed E-state index contributed by atoms with van der Waals surface area (Å²) in [6, 6.07) is 8.28. The third-order valence-corrected chi connectivity index (χ3v) is 4.67. The lowest BCUT2D eigenvalue weighted by molar-refractivity contribution is 0.414. The van der Waals surface area contributed by atoms with Gasteiger partial charge < -0.3 is 15.4 Å². The molecule has 1 saturated heterocycles. The number of aromatic nitrogens is 4. The monoisotopic (exact) mass is 324 g/mol. The van der Waals surface area contributed by atoms with Crippen molar-refractivity contribution in [3.05, 3.63) is 36.0 Å².